The van der Waals surface area contributed by atoms with E-state index >= 15 is 0 Å². The SMILES string of the molecule is CC(CCC=O)N(C)C(=O)c1ccc(N2CCC(CN3CCC(Cc4ccc(N)cc4)CC3)CC2)cc1C=O. The van der Waals surface area contributed by atoms with Crippen molar-refractivity contribution in [1.82, 2.24) is 9.80 Å². The minimum absolute atomic E-state index is 0.0737. The lowest BCUT2D eigenvalue weighted by Crippen LogP contribution is -2.42. The molecule has 2 aromatic carbocycles. The average molecular weight is 533 g/mol. The highest BCUT2D eigenvalue weighted by atomic mass is 16.2. The Morgan fingerprint density at radius 1 is 1.00 bits per heavy atom. The van der Waals surface area contributed by atoms with Crippen LogP contribution in [-0.2, 0) is 11.2 Å². The second-order valence-electron chi connectivity index (χ2n) is 11.5. The first-order chi connectivity index (χ1) is 18.9. The molecule has 7 heteroatoms. The molecule has 2 fully saturated rings. The second-order valence-corrected chi connectivity index (χ2v) is 11.5. The van der Waals surface area contributed by atoms with Gasteiger partial charge in [0, 0.05) is 56.1 Å². The summed E-state index contributed by atoms with van der Waals surface area (Å²) in [4.78, 5) is 42.2. The van der Waals surface area contributed by atoms with E-state index in [1.165, 1.54) is 38.0 Å². The molecule has 2 aromatic rings. The lowest BCUT2D eigenvalue weighted by Gasteiger charge is -2.38. The highest BCUT2D eigenvalue weighted by molar-refractivity contribution is 6.02. The van der Waals surface area contributed by atoms with E-state index in [-0.39, 0.29) is 11.9 Å². The van der Waals surface area contributed by atoms with Crippen molar-refractivity contribution < 1.29 is 14.4 Å². The van der Waals surface area contributed by atoms with E-state index in [1.807, 2.05) is 31.2 Å². The van der Waals surface area contributed by atoms with Crippen molar-refractivity contribution >= 4 is 29.9 Å². The Labute approximate surface area is 233 Å². The Kier molecular flexibility index (Phi) is 10.2. The molecule has 2 aliphatic heterocycles. The predicted octanol–water partition coefficient (Wildman–Crippen LogP) is 4.69. The number of carbonyl (C=O) groups is 3. The summed E-state index contributed by atoms with van der Waals surface area (Å²) in [6, 6.07) is 13.9. The van der Waals surface area contributed by atoms with Gasteiger partial charge in [-0.25, -0.2) is 0 Å². The standard InChI is InChI=1S/C32H44N4O3/c1-24(4-3-19-37)34(2)32(39)31-10-9-30(21-28(31)23-38)36-17-13-27(14-18-36)22-35-15-11-26(12-16-35)20-25-5-7-29(33)8-6-25/h5-10,19,21,23-24,26-27H,3-4,11-18,20,22,33H2,1-2H3. The highest BCUT2D eigenvalue weighted by Crippen LogP contribution is 2.28. The quantitative estimate of drug-likeness (QED) is 0.334. The Morgan fingerprint density at radius 2 is 1.67 bits per heavy atom. The number of nitrogens with zero attached hydrogens (tertiary/aromatic N) is 3. The smallest absolute Gasteiger partial charge is 0.254 e. The molecule has 0 aromatic heterocycles. The van der Waals surface area contributed by atoms with Crippen molar-refractivity contribution in [3.63, 3.8) is 0 Å². The number of benzene rings is 2. The van der Waals surface area contributed by atoms with Gasteiger partial charge in [0.2, 0.25) is 0 Å². The highest BCUT2D eigenvalue weighted by Gasteiger charge is 2.26. The minimum atomic E-state index is -0.182. The van der Waals surface area contributed by atoms with Gasteiger partial charge < -0.3 is 25.2 Å². The summed E-state index contributed by atoms with van der Waals surface area (Å²) in [6.45, 7) is 7.38. The molecule has 1 unspecified atom stereocenters. The molecule has 0 spiro atoms. The molecule has 4 rings (SSSR count). The van der Waals surface area contributed by atoms with E-state index < -0.39 is 0 Å². The normalized spacial score (nSPS) is 18.1. The summed E-state index contributed by atoms with van der Waals surface area (Å²) in [5.74, 6) is 1.27. The third-order valence-corrected chi connectivity index (χ3v) is 8.78. The van der Waals surface area contributed by atoms with Gasteiger partial charge in [-0.05, 0) is 106 Å². The van der Waals surface area contributed by atoms with Crippen molar-refractivity contribution in [2.24, 2.45) is 11.8 Å². The van der Waals surface area contributed by atoms with Gasteiger partial charge in [-0.15, -0.1) is 0 Å². The topological polar surface area (TPSA) is 87.0 Å². The summed E-state index contributed by atoms with van der Waals surface area (Å²) >= 11 is 0. The summed E-state index contributed by atoms with van der Waals surface area (Å²) in [6.07, 6.45) is 8.61. The largest absolute Gasteiger partial charge is 0.399 e. The molecular weight excluding hydrogens is 488 g/mol. The number of piperidine rings is 2. The molecule has 0 radical (unpaired) electrons. The first kappa shape index (κ1) is 28.8. The van der Waals surface area contributed by atoms with Gasteiger partial charge in [-0.2, -0.15) is 0 Å². The Balaban J connectivity index is 1.24. The van der Waals surface area contributed by atoms with Crippen LogP contribution in [0.3, 0.4) is 0 Å². The molecule has 2 heterocycles. The number of anilines is 2. The maximum Gasteiger partial charge on any atom is 0.254 e. The van der Waals surface area contributed by atoms with Crippen molar-refractivity contribution in [3.05, 3.63) is 59.2 Å². The number of rotatable bonds is 11. The zero-order valence-electron chi connectivity index (χ0n) is 23.6. The number of carbonyl (C=O) groups excluding carboxylic acids is 3. The molecule has 39 heavy (non-hydrogen) atoms. The molecule has 210 valence electrons. The van der Waals surface area contributed by atoms with Crippen molar-refractivity contribution in [2.75, 3.05) is 50.4 Å². The number of nitrogen functional groups attached to an aromatic ring is 1. The number of likely N-dealkylation sites (tertiary alicyclic amines) is 1. The van der Waals surface area contributed by atoms with Crippen LogP contribution in [0.15, 0.2) is 42.5 Å². The van der Waals surface area contributed by atoms with Gasteiger partial charge in [0.05, 0.1) is 5.56 Å². The molecule has 0 aliphatic carbocycles. The van der Waals surface area contributed by atoms with E-state index in [0.29, 0.717) is 29.9 Å². The Morgan fingerprint density at radius 3 is 2.31 bits per heavy atom. The third kappa shape index (κ3) is 7.69. The number of hydrogen-bond acceptors (Lipinski definition) is 6. The fourth-order valence-corrected chi connectivity index (χ4v) is 6.03. The molecule has 0 saturated carbocycles. The number of nitrogens with two attached hydrogens (primary N) is 1. The fourth-order valence-electron chi connectivity index (χ4n) is 6.03. The van der Waals surface area contributed by atoms with E-state index in [2.05, 4.69) is 21.9 Å². The zero-order valence-corrected chi connectivity index (χ0v) is 23.6. The molecule has 1 amide bonds. The van der Waals surface area contributed by atoms with E-state index in [9.17, 15) is 14.4 Å². The number of amides is 1. The van der Waals surface area contributed by atoms with E-state index in [1.54, 1.807) is 18.0 Å². The van der Waals surface area contributed by atoms with Gasteiger partial charge >= 0.3 is 0 Å². The van der Waals surface area contributed by atoms with Crippen LogP contribution in [0.1, 0.15) is 71.7 Å². The van der Waals surface area contributed by atoms with Crippen LogP contribution < -0.4 is 10.6 Å². The molecule has 2 saturated heterocycles. The fraction of sp³-hybridized carbons (Fsp3) is 0.531. The number of aldehydes is 2. The zero-order chi connectivity index (χ0) is 27.8. The summed E-state index contributed by atoms with van der Waals surface area (Å²) in [7, 11) is 1.73. The summed E-state index contributed by atoms with van der Waals surface area (Å²) in [5.41, 5.74) is 9.90. The molecular formula is C32H44N4O3. The van der Waals surface area contributed by atoms with Crippen LogP contribution in [0.2, 0.25) is 0 Å². The predicted molar refractivity (Wildman–Crippen MR) is 157 cm³/mol. The first-order valence-electron chi connectivity index (χ1n) is 14.5. The van der Waals surface area contributed by atoms with Crippen molar-refractivity contribution in [1.29, 1.82) is 0 Å². The van der Waals surface area contributed by atoms with Crippen LogP contribution in [0.25, 0.3) is 0 Å². The first-order valence-corrected chi connectivity index (χ1v) is 14.5. The van der Waals surface area contributed by atoms with Crippen molar-refractivity contribution in [3.8, 4) is 0 Å². The minimum Gasteiger partial charge on any atom is -0.399 e. The molecule has 7 nitrogen and oxygen atoms in total. The van der Waals surface area contributed by atoms with Gasteiger partial charge in [-0.1, -0.05) is 12.1 Å². The van der Waals surface area contributed by atoms with Gasteiger partial charge in [0.25, 0.3) is 5.91 Å². The molecule has 0 bridgehead atoms. The van der Waals surface area contributed by atoms with Crippen LogP contribution in [-0.4, -0.2) is 74.1 Å². The maximum atomic E-state index is 13.0. The molecule has 1 atom stereocenters. The Bertz CT molecular complexity index is 1100. The monoisotopic (exact) mass is 532 g/mol. The lowest BCUT2D eigenvalue weighted by molar-refractivity contribution is -0.108. The lowest BCUT2D eigenvalue weighted by atomic mass is 9.89. The van der Waals surface area contributed by atoms with Crippen LogP contribution in [0.5, 0.6) is 0 Å². The van der Waals surface area contributed by atoms with Crippen LogP contribution in [0.4, 0.5) is 11.4 Å². The van der Waals surface area contributed by atoms with Crippen LogP contribution in [0, 0.1) is 11.8 Å². The van der Waals surface area contributed by atoms with E-state index in [4.69, 9.17) is 5.73 Å². The third-order valence-electron chi connectivity index (χ3n) is 8.78. The second kappa shape index (κ2) is 13.7. The van der Waals surface area contributed by atoms with Gasteiger partial charge in [-0.3, -0.25) is 9.59 Å². The maximum absolute atomic E-state index is 13.0. The Hall–Kier alpha value is -3.19. The average Bonchev–Trinajstić information content (AvgIpc) is 2.97. The summed E-state index contributed by atoms with van der Waals surface area (Å²) < 4.78 is 0. The van der Waals surface area contributed by atoms with Gasteiger partial charge in [0.15, 0.2) is 6.29 Å². The molecule has 2 N–H and O–H groups in total. The van der Waals surface area contributed by atoms with Gasteiger partial charge in [0.1, 0.15) is 6.29 Å². The van der Waals surface area contributed by atoms with E-state index in [0.717, 1.165) is 62.2 Å². The van der Waals surface area contributed by atoms with Crippen LogP contribution >= 0.6 is 0 Å². The molecule has 2 aliphatic rings. The van der Waals surface area contributed by atoms with Crippen molar-refractivity contribution in [2.45, 2.75) is 57.9 Å². The number of hydrogen-bond donors (Lipinski definition) is 1. The summed E-state index contributed by atoms with van der Waals surface area (Å²) in [5, 5.41) is 0.